The molecule has 1 heterocycles. The molecule has 0 unspecified atom stereocenters. The van der Waals surface area contributed by atoms with Crippen LogP contribution in [0.2, 0.25) is 0 Å². The Morgan fingerprint density at radius 2 is 2.05 bits per heavy atom. The van der Waals surface area contributed by atoms with Gasteiger partial charge >= 0.3 is 0 Å². The molecule has 0 fully saturated rings. The third-order valence-electron chi connectivity index (χ3n) is 3.15. The number of ether oxygens (including phenoxy) is 1. The molecule has 0 amide bonds. The molecule has 1 aromatic carbocycles. The minimum atomic E-state index is 0.160. The van der Waals surface area contributed by atoms with Crippen molar-refractivity contribution >= 4 is 23.0 Å². The molecular weight excluding hydrogens is 282 g/mol. The number of pyridine rings is 1. The molecule has 1 aromatic heterocycles. The summed E-state index contributed by atoms with van der Waals surface area (Å²) in [6.45, 7) is 2.12. The Labute approximate surface area is 130 Å². The van der Waals surface area contributed by atoms with Crippen molar-refractivity contribution in [2.24, 2.45) is 0 Å². The quantitative estimate of drug-likeness (QED) is 0.827. The summed E-state index contributed by atoms with van der Waals surface area (Å²) in [6.07, 6.45) is 4.40. The van der Waals surface area contributed by atoms with E-state index in [4.69, 9.17) is 17.0 Å². The zero-order valence-corrected chi connectivity index (χ0v) is 13.0. The van der Waals surface area contributed by atoms with Crippen LogP contribution in [0.15, 0.2) is 48.8 Å². The van der Waals surface area contributed by atoms with Crippen molar-refractivity contribution in [2.75, 3.05) is 12.4 Å². The molecule has 0 aliphatic heterocycles. The van der Waals surface area contributed by atoms with Gasteiger partial charge in [0.1, 0.15) is 5.75 Å². The zero-order valence-electron chi connectivity index (χ0n) is 12.2. The Balaban J connectivity index is 1.99. The summed E-state index contributed by atoms with van der Waals surface area (Å²) >= 11 is 5.35. The maximum Gasteiger partial charge on any atom is 0.171 e. The average molecular weight is 301 g/mol. The van der Waals surface area contributed by atoms with E-state index in [9.17, 15) is 0 Å². The van der Waals surface area contributed by atoms with Gasteiger partial charge < -0.3 is 15.4 Å². The summed E-state index contributed by atoms with van der Waals surface area (Å²) in [4.78, 5) is 4.05. The van der Waals surface area contributed by atoms with Crippen LogP contribution < -0.4 is 15.4 Å². The number of hydrogen-bond acceptors (Lipinski definition) is 3. The van der Waals surface area contributed by atoms with Gasteiger partial charge in [0, 0.05) is 6.20 Å². The summed E-state index contributed by atoms with van der Waals surface area (Å²) in [5.74, 6) is 0.852. The summed E-state index contributed by atoms with van der Waals surface area (Å²) in [7, 11) is 1.66. The highest BCUT2D eigenvalue weighted by Crippen LogP contribution is 2.20. The lowest BCUT2D eigenvalue weighted by Crippen LogP contribution is -2.32. The van der Waals surface area contributed by atoms with Crippen LogP contribution in [0, 0.1) is 0 Å². The minimum absolute atomic E-state index is 0.160. The van der Waals surface area contributed by atoms with Crippen LogP contribution in [0.3, 0.4) is 0 Å². The van der Waals surface area contributed by atoms with E-state index in [-0.39, 0.29) is 6.04 Å². The molecule has 2 rings (SSSR count). The average Bonchev–Trinajstić information content (AvgIpc) is 2.53. The van der Waals surface area contributed by atoms with Crippen LogP contribution in [0.5, 0.6) is 5.75 Å². The van der Waals surface area contributed by atoms with Crippen molar-refractivity contribution < 1.29 is 4.74 Å². The van der Waals surface area contributed by atoms with E-state index in [2.05, 4.69) is 22.5 Å². The number of hydrogen-bond donors (Lipinski definition) is 2. The Hall–Kier alpha value is -2.14. The van der Waals surface area contributed by atoms with E-state index in [0.717, 1.165) is 17.9 Å². The molecule has 2 N–H and O–H groups in total. The second-order valence-corrected chi connectivity index (χ2v) is 4.98. The molecule has 0 aliphatic carbocycles. The first kappa shape index (κ1) is 15.3. The van der Waals surface area contributed by atoms with E-state index in [1.165, 1.54) is 5.56 Å². The van der Waals surface area contributed by atoms with Crippen LogP contribution in [0.1, 0.15) is 24.9 Å². The van der Waals surface area contributed by atoms with Crippen molar-refractivity contribution in [3.8, 4) is 5.75 Å². The number of methoxy groups -OCH3 is 1. The van der Waals surface area contributed by atoms with Gasteiger partial charge in [0.25, 0.3) is 0 Å². The zero-order chi connectivity index (χ0) is 15.1. The van der Waals surface area contributed by atoms with E-state index >= 15 is 0 Å². The molecule has 0 spiro atoms. The van der Waals surface area contributed by atoms with Crippen molar-refractivity contribution in [2.45, 2.75) is 19.4 Å². The fourth-order valence-corrected chi connectivity index (χ4v) is 2.28. The normalized spacial score (nSPS) is 11.5. The van der Waals surface area contributed by atoms with Gasteiger partial charge in [-0.2, -0.15) is 0 Å². The maximum absolute atomic E-state index is 5.35. The lowest BCUT2D eigenvalue weighted by atomic mass is 10.0. The van der Waals surface area contributed by atoms with E-state index < -0.39 is 0 Å². The van der Waals surface area contributed by atoms with E-state index in [1.54, 1.807) is 19.5 Å². The van der Waals surface area contributed by atoms with Gasteiger partial charge in [-0.3, -0.25) is 4.98 Å². The van der Waals surface area contributed by atoms with Gasteiger partial charge in [-0.05, 0) is 48.5 Å². The number of aromatic nitrogens is 1. The standard InChI is InChI=1S/C16H19N3OS/c1-3-15(12-6-8-14(20-2)9-7-12)19-16(21)18-13-5-4-10-17-11-13/h4-11,15H,3H2,1-2H3,(H2,18,19,21)/t15-/m0/s1. The largest absolute Gasteiger partial charge is 0.497 e. The highest BCUT2D eigenvalue weighted by molar-refractivity contribution is 7.80. The fraction of sp³-hybridized carbons (Fsp3) is 0.250. The summed E-state index contributed by atoms with van der Waals surface area (Å²) in [5, 5.41) is 7.04. The van der Waals surface area contributed by atoms with Gasteiger partial charge in [-0.25, -0.2) is 0 Å². The van der Waals surface area contributed by atoms with Crippen molar-refractivity contribution in [1.82, 2.24) is 10.3 Å². The molecule has 0 saturated carbocycles. The number of thiocarbonyl (C=S) groups is 1. The van der Waals surface area contributed by atoms with Gasteiger partial charge in [0.2, 0.25) is 0 Å². The molecule has 5 heteroatoms. The topological polar surface area (TPSA) is 46.2 Å². The van der Waals surface area contributed by atoms with Crippen LogP contribution in [0.25, 0.3) is 0 Å². The smallest absolute Gasteiger partial charge is 0.171 e. The van der Waals surface area contributed by atoms with Crippen LogP contribution in [-0.4, -0.2) is 17.2 Å². The minimum Gasteiger partial charge on any atom is -0.497 e. The summed E-state index contributed by atoms with van der Waals surface area (Å²) < 4.78 is 5.18. The second kappa shape index (κ2) is 7.59. The molecule has 1 atom stereocenters. The highest BCUT2D eigenvalue weighted by Gasteiger charge is 2.10. The van der Waals surface area contributed by atoms with E-state index in [1.807, 2.05) is 36.4 Å². The van der Waals surface area contributed by atoms with Gasteiger partial charge in [0.05, 0.1) is 25.0 Å². The summed E-state index contributed by atoms with van der Waals surface area (Å²) in [5.41, 5.74) is 2.05. The van der Waals surface area contributed by atoms with Crippen molar-refractivity contribution in [1.29, 1.82) is 0 Å². The highest BCUT2D eigenvalue weighted by atomic mass is 32.1. The lowest BCUT2D eigenvalue weighted by molar-refractivity contribution is 0.414. The molecule has 0 bridgehead atoms. The summed E-state index contributed by atoms with van der Waals surface area (Å²) in [6, 6.07) is 12.0. The van der Waals surface area contributed by atoms with Crippen LogP contribution in [0.4, 0.5) is 5.69 Å². The fourth-order valence-electron chi connectivity index (χ4n) is 2.02. The lowest BCUT2D eigenvalue weighted by Gasteiger charge is -2.20. The molecular formula is C16H19N3OS. The number of benzene rings is 1. The molecule has 4 nitrogen and oxygen atoms in total. The third-order valence-corrected chi connectivity index (χ3v) is 3.37. The predicted octanol–water partition coefficient (Wildman–Crippen LogP) is 3.53. The monoisotopic (exact) mass is 301 g/mol. The van der Waals surface area contributed by atoms with Crippen LogP contribution in [-0.2, 0) is 0 Å². The molecule has 21 heavy (non-hydrogen) atoms. The number of nitrogens with one attached hydrogen (secondary N) is 2. The van der Waals surface area contributed by atoms with Crippen molar-refractivity contribution in [3.63, 3.8) is 0 Å². The third kappa shape index (κ3) is 4.43. The Kier molecular flexibility index (Phi) is 5.51. The molecule has 0 aliphatic rings. The predicted molar refractivity (Wildman–Crippen MR) is 89.6 cm³/mol. The van der Waals surface area contributed by atoms with Gasteiger partial charge in [0.15, 0.2) is 5.11 Å². The number of nitrogens with zero attached hydrogens (tertiary/aromatic N) is 1. The first-order valence-electron chi connectivity index (χ1n) is 6.84. The molecule has 110 valence electrons. The Morgan fingerprint density at radius 1 is 1.29 bits per heavy atom. The van der Waals surface area contributed by atoms with Gasteiger partial charge in [-0.1, -0.05) is 19.1 Å². The molecule has 2 aromatic rings. The van der Waals surface area contributed by atoms with Crippen molar-refractivity contribution in [3.05, 3.63) is 54.4 Å². The maximum atomic E-state index is 5.35. The molecule has 0 radical (unpaired) electrons. The Morgan fingerprint density at radius 3 is 2.62 bits per heavy atom. The van der Waals surface area contributed by atoms with Gasteiger partial charge in [-0.15, -0.1) is 0 Å². The first-order chi connectivity index (χ1) is 10.2. The number of anilines is 1. The Bertz CT molecular complexity index is 572. The number of rotatable bonds is 5. The molecule has 0 saturated heterocycles. The second-order valence-electron chi connectivity index (χ2n) is 4.57. The SMILES string of the molecule is CC[C@H](NC(=S)Nc1cccnc1)c1ccc(OC)cc1. The van der Waals surface area contributed by atoms with Crippen LogP contribution >= 0.6 is 12.2 Å². The van der Waals surface area contributed by atoms with E-state index in [0.29, 0.717) is 5.11 Å². The first-order valence-corrected chi connectivity index (χ1v) is 7.25.